The molecule has 2 rings (SSSR count). The van der Waals surface area contributed by atoms with Crippen molar-refractivity contribution >= 4 is 5.65 Å². The van der Waals surface area contributed by atoms with Crippen molar-refractivity contribution in [3.05, 3.63) is 46.0 Å². The van der Waals surface area contributed by atoms with Crippen LogP contribution in [-0.4, -0.2) is 9.38 Å². The zero-order chi connectivity index (χ0) is 10.8. The molecule has 0 amide bonds. The summed E-state index contributed by atoms with van der Waals surface area (Å²) in [6.07, 6.45) is 3.63. The molecule has 0 aliphatic carbocycles. The summed E-state index contributed by atoms with van der Waals surface area (Å²) in [5.41, 5.74) is 2.70. The summed E-state index contributed by atoms with van der Waals surface area (Å²) in [6.45, 7) is 4.05. The first kappa shape index (κ1) is 9.90. The smallest absolute Gasteiger partial charge is 0.258 e. The third kappa shape index (κ3) is 1.77. The number of aryl methyl sites for hydroxylation is 2. The fourth-order valence-electron chi connectivity index (χ4n) is 1.69. The Morgan fingerprint density at radius 2 is 2.27 bits per heavy atom. The summed E-state index contributed by atoms with van der Waals surface area (Å²) >= 11 is 0. The number of aromatic nitrogens is 2. The molecule has 3 nitrogen and oxygen atoms in total. The first-order valence-corrected chi connectivity index (χ1v) is 5.20. The van der Waals surface area contributed by atoms with Crippen molar-refractivity contribution in [1.82, 2.24) is 9.38 Å². The van der Waals surface area contributed by atoms with Gasteiger partial charge in [0.05, 0.1) is 0 Å². The molecule has 0 atom stereocenters. The van der Waals surface area contributed by atoms with Crippen molar-refractivity contribution in [3.63, 3.8) is 0 Å². The summed E-state index contributed by atoms with van der Waals surface area (Å²) in [7, 11) is 0. The second-order valence-electron chi connectivity index (χ2n) is 3.72. The molecule has 0 saturated carbocycles. The predicted octanol–water partition coefficient (Wildman–Crippen LogP) is 1.96. The van der Waals surface area contributed by atoms with Crippen molar-refractivity contribution in [2.75, 3.05) is 0 Å². The molecule has 3 heteroatoms. The van der Waals surface area contributed by atoms with Crippen LogP contribution in [0.2, 0.25) is 0 Å². The van der Waals surface area contributed by atoms with Gasteiger partial charge in [-0.15, -0.1) is 0 Å². The van der Waals surface area contributed by atoms with E-state index in [1.807, 2.05) is 19.1 Å². The Kier molecular flexibility index (Phi) is 2.54. The molecule has 0 aliphatic rings. The third-order valence-corrected chi connectivity index (χ3v) is 2.45. The quantitative estimate of drug-likeness (QED) is 0.746. The van der Waals surface area contributed by atoms with E-state index in [0.29, 0.717) is 0 Å². The van der Waals surface area contributed by atoms with Gasteiger partial charge in [0.1, 0.15) is 5.65 Å². The average Bonchev–Trinajstić information content (AvgIpc) is 2.20. The van der Waals surface area contributed by atoms with Gasteiger partial charge in [0.15, 0.2) is 0 Å². The Balaban J connectivity index is 2.74. The van der Waals surface area contributed by atoms with Crippen LogP contribution in [0.1, 0.15) is 24.6 Å². The van der Waals surface area contributed by atoms with E-state index in [0.717, 1.165) is 29.7 Å². The van der Waals surface area contributed by atoms with Crippen LogP contribution in [0.3, 0.4) is 0 Å². The first-order valence-electron chi connectivity index (χ1n) is 5.20. The molecule has 78 valence electrons. The lowest BCUT2D eigenvalue weighted by Crippen LogP contribution is -2.15. The minimum atomic E-state index is 0.00662. The summed E-state index contributed by atoms with van der Waals surface area (Å²) in [5.74, 6) is 0. The molecule has 0 aliphatic heterocycles. The van der Waals surface area contributed by atoms with Crippen LogP contribution < -0.4 is 5.56 Å². The molecule has 0 bridgehead atoms. The number of hydrogen-bond donors (Lipinski definition) is 0. The van der Waals surface area contributed by atoms with Gasteiger partial charge in [0.25, 0.3) is 5.56 Å². The highest BCUT2D eigenvalue weighted by molar-refractivity contribution is 5.46. The maximum atomic E-state index is 11.7. The largest absolute Gasteiger partial charge is 0.269 e. The van der Waals surface area contributed by atoms with Gasteiger partial charge in [-0.2, -0.15) is 0 Å². The zero-order valence-corrected chi connectivity index (χ0v) is 9.03. The lowest BCUT2D eigenvalue weighted by Gasteiger charge is -2.04. The van der Waals surface area contributed by atoms with Crippen LogP contribution in [0.5, 0.6) is 0 Å². The van der Waals surface area contributed by atoms with Gasteiger partial charge in [-0.05, 0) is 25.0 Å². The second-order valence-corrected chi connectivity index (χ2v) is 3.72. The predicted molar refractivity (Wildman–Crippen MR) is 60.2 cm³/mol. The van der Waals surface area contributed by atoms with E-state index < -0.39 is 0 Å². The highest BCUT2D eigenvalue weighted by atomic mass is 16.1. The van der Waals surface area contributed by atoms with Gasteiger partial charge >= 0.3 is 0 Å². The van der Waals surface area contributed by atoms with Gasteiger partial charge in [-0.1, -0.05) is 19.4 Å². The van der Waals surface area contributed by atoms with Crippen LogP contribution >= 0.6 is 0 Å². The van der Waals surface area contributed by atoms with Gasteiger partial charge in [0.2, 0.25) is 0 Å². The van der Waals surface area contributed by atoms with Crippen LogP contribution in [-0.2, 0) is 6.42 Å². The number of nitrogens with zero attached hydrogens (tertiary/aromatic N) is 2. The Hall–Kier alpha value is -1.64. The molecule has 0 fully saturated rings. The Labute approximate surface area is 88.4 Å². The molecule has 0 aromatic carbocycles. The zero-order valence-electron chi connectivity index (χ0n) is 9.03. The van der Waals surface area contributed by atoms with E-state index in [-0.39, 0.29) is 5.56 Å². The van der Waals surface area contributed by atoms with Crippen LogP contribution in [0.4, 0.5) is 0 Å². The van der Waals surface area contributed by atoms with Gasteiger partial charge in [-0.25, -0.2) is 4.98 Å². The maximum Gasteiger partial charge on any atom is 0.258 e. The monoisotopic (exact) mass is 202 g/mol. The van der Waals surface area contributed by atoms with Crippen LogP contribution in [0.15, 0.2) is 29.2 Å². The Morgan fingerprint density at radius 1 is 1.47 bits per heavy atom. The van der Waals surface area contributed by atoms with E-state index in [9.17, 15) is 4.79 Å². The fourth-order valence-corrected chi connectivity index (χ4v) is 1.69. The van der Waals surface area contributed by atoms with Crippen molar-refractivity contribution in [1.29, 1.82) is 0 Å². The standard InChI is InChI=1S/C12H14N2O/c1-3-5-10-8-11(15)14-7-4-6-9(2)12(14)13-10/h4,6-8H,3,5H2,1-2H3. The molecule has 0 radical (unpaired) electrons. The summed E-state index contributed by atoms with van der Waals surface area (Å²) in [6, 6.07) is 5.46. The highest BCUT2D eigenvalue weighted by Gasteiger charge is 2.02. The summed E-state index contributed by atoms with van der Waals surface area (Å²) in [4.78, 5) is 16.2. The molecule has 0 unspecified atom stereocenters. The van der Waals surface area contributed by atoms with Crippen molar-refractivity contribution in [2.24, 2.45) is 0 Å². The van der Waals surface area contributed by atoms with E-state index in [1.54, 1.807) is 16.7 Å². The van der Waals surface area contributed by atoms with Crippen molar-refractivity contribution in [2.45, 2.75) is 26.7 Å². The van der Waals surface area contributed by atoms with Crippen LogP contribution in [0, 0.1) is 6.92 Å². The molecule has 2 heterocycles. The lowest BCUT2D eigenvalue weighted by atomic mass is 10.2. The molecular weight excluding hydrogens is 188 g/mol. The number of pyridine rings is 1. The highest BCUT2D eigenvalue weighted by Crippen LogP contribution is 2.06. The summed E-state index contributed by atoms with van der Waals surface area (Å²) < 4.78 is 1.59. The molecule has 15 heavy (non-hydrogen) atoms. The molecule has 0 saturated heterocycles. The van der Waals surface area contributed by atoms with Crippen molar-refractivity contribution in [3.8, 4) is 0 Å². The van der Waals surface area contributed by atoms with E-state index in [1.165, 1.54) is 0 Å². The molecule has 0 N–H and O–H groups in total. The second kappa shape index (κ2) is 3.85. The first-order chi connectivity index (χ1) is 7.22. The minimum absolute atomic E-state index is 0.00662. The van der Waals surface area contributed by atoms with E-state index >= 15 is 0 Å². The number of fused-ring (bicyclic) bond motifs is 1. The SMILES string of the molecule is CCCc1cc(=O)n2cccc(C)c2n1. The van der Waals surface area contributed by atoms with Crippen LogP contribution in [0.25, 0.3) is 5.65 Å². The van der Waals surface area contributed by atoms with E-state index in [2.05, 4.69) is 11.9 Å². The average molecular weight is 202 g/mol. The topological polar surface area (TPSA) is 34.4 Å². The third-order valence-electron chi connectivity index (χ3n) is 2.45. The van der Waals surface area contributed by atoms with Gasteiger partial charge < -0.3 is 0 Å². The van der Waals surface area contributed by atoms with Gasteiger partial charge in [0, 0.05) is 18.0 Å². The Morgan fingerprint density at radius 3 is 3.00 bits per heavy atom. The minimum Gasteiger partial charge on any atom is -0.269 e. The number of hydrogen-bond acceptors (Lipinski definition) is 2. The molecular formula is C12H14N2O. The number of rotatable bonds is 2. The molecule has 2 aromatic heterocycles. The van der Waals surface area contributed by atoms with Crippen molar-refractivity contribution < 1.29 is 0 Å². The molecule has 2 aromatic rings. The summed E-state index contributed by atoms with van der Waals surface area (Å²) in [5, 5.41) is 0. The lowest BCUT2D eigenvalue weighted by molar-refractivity contribution is 0.866. The fraction of sp³-hybridized carbons (Fsp3) is 0.333. The maximum absolute atomic E-state index is 11.7. The Bertz CT molecular complexity index is 543. The van der Waals surface area contributed by atoms with Gasteiger partial charge in [-0.3, -0.25) is 9.20 Å². The molecule has 0 spiro atoms. The normalized spacial score (nSPS) is 10.8. The van der Waals surface area contributed by atoms with E-state index in [4.69, 9.17) is 0 Å².